The molecule has 0 unspecified atom stereocenters. The molecule has 0 bridgehead atoms. The van der Waals surface area contributed by atoms with Gasteiger partial charge in [-0.3, -0.25) is 0 Å². The van der Waals surface area contributed by atoms with Crippen LogP contribution in [0.4, 0.5) is 4.79 Å². The normalized spacial score (nSPS) is 16.3. The van der Waals surface area contributed by atoms with Gasteiger partial charge < -0.3 is 14.8 Å². The van der Waals surface area contributed by atoms with E-state index in [2.05, 4.69) is 5.32 Å². The second kappa shape index (κ2) is 10.1. The van der Waals surface area contributed by atoms with E-state index in [1.54, 1.807) is 0 Å². The summed E-state index contributed by atoms with van der Waals surface area (Å²) in [4.78, 5) is 24.5. The molecule has 1 atom stereocenters. The Hall–Kier alpha value is -2.04. The van der Waals surface area contributed by atoms with Crippen LogP contribution in [0.2, 0.25) is 0 Å². The molecule has 1 aliphatic rings. The van der Waals surface area contributed by atoms with Crippen molar-refractivity contribution in [3.63, 3.8) is 0 Å². The number of hydrogen-bond acceptors (Lipinski definition) is 4. The molecule has 5 heteroatoms. The van der Waals surface area contributed by atoms with Crippen molar-refractivity contribution in [2.75, 3.05) is 0 Å². The highest BCUT2D eigenvalue weighted by atomic mass is 16.6. The number of amides is 1. The van der Waals surface area contributed by atoms with Gasteiger partial charge in [-0.1, -0.05) is 63.4 Å². The molecule has 0 spiro atoms. The molecular formula is C20H29NO4. The minimum Gasteiger partial charge on any atom is -0.458 e. The number of esters is 1. The molecule has 1 N–H and O–H groups in total. The third-order valence-electron chi connectivity index (χ3n) is 4.35. The zero-order valence-electron chi connectivity index (χ0n) is 15.2. The fourth-order valence-corrected chi connectivity index (χ4v) is 3.02. The van der Waals surface area contributed by atoms with Crippen LogP contribution < -0.4 is 5.32 Å². The molecule has 0 radical (unpaired) electrons. The zero-order chi connectivity index (χ0) is 18.1. The second-order valence-corrected chi connectivity index (χ2v) is 7.10. The average molecular weight is 347 g/mol. The Morgan fingerprint density at radius 1 is 1.12 bits per heavy atom. The summed E-state index contributed by atoms with van der Waals surface area (Å²) in [5, 5.41) is 2.88. The molecule has 1 saturated carbocycles. The van der Waals surface area contributed by atoms with Crippen molar-refractivity contribution in [1.29, 1.82) is 0 Å². The van der Waals surface area contributed by atoms with Gasteiger partial charge in [-0.25, -0.2) is 9.59 Å². The van der Waals surface area contributed by atoms with Crippen LogP contribution in [0.15, 0.2) is 30.3 Å². The van der Waals surface area contributed by atoms with Crippen molar-refractivity contribution >= 4 is 12.1 Å². The first-order valence-corrected chi connectivity index (χ1v) is 9.22. The summed E-state index contributed by atoms with van der Waals surface area (Å²) in [6, 6.07) is 9.63. The molecule has 1 amide bonds. The maximum absolute atomic E-state index is 12.4. The minimum absolute atomic E-state index is 0.154. The van der Waals surface area contributed by atoms with Crippen LogP contribution in [-0.2, 0) is 20.9 Å². The lowest BCUT2D eigenvalue weighted by Crippen LogP contribution is -2.40. The van der Waals surface area contributed by atoms with E-state index >= 15 is 0 Å². The van der Waals surface area contributed by atoms with E-state index in [1.807, 2.05) is 44.2 Å². The molecule has 1 aromatic carbocycles. The third-order valence-corrected chi connectivity index (χ3v) is 4.35. The number of hydrogen-bond donors (Lipinski definition) is 1. The fourth-order valence-electron chi connectivity index (χ4n) is 3.02. The quantitative estimate of drug-likeness (QED) is 0.751. The molecule has 1 aliphatic carbocycles. The van der Waals surface area contributed by atoms with Crippen molar-refractivity contribution in [2.45, 2.75) is 71.1 Å². The summed E-state index contributed by atoms with van der Waals surface area (Å²) >= 11 is 0. The number of nitrogens with one attached hydrogen (secondary N) is 1. The maximum atomic E-state index is 12.4. The van der Waals surface area contributed by atoms with Crippen LogP contribution in [0.1, 0.15) is 57.9 Å². The van der Waals surface area contributed by atoms with E-state index in [1.165, 1.54) is 6.42 Å². The first-order chi connectivity index (χ1) is 12.0. The van der Waals surface area contributed by atoms with E-state index in [4.69, 9.17) is 9.47 Å². The molecule has 0 heterocycles. The summed E-state index contributed by atoms with van der Waals surface area (Å²) in [7, 11) is 0. The fraction of sp³-hybridized carbons (Fsp3) is 0.600. The Morgan fingerprint density at radius 2 is 1.80 bits per heavy atom. The lowest BCUT2D eigenvalue weighted by Gasteiger charge is -2.24. The predicted molar refractivity (Wildman–Crippen MR) is 96.0 cm³/mol. The number of carbonyl (C=O) groups is 2. The Morgan fingerprint density at radius 3 is 2.44 bits per heavy atom. The van der Waals surface area contributed by atoms with E-state index < -0.39 is 18.2 Å². The predicted octanol–water partition coefficient (Wildman–Crippen LogP) is 4.20. The highest BCUT2D eigenvalue weighted by Gasteiger charge is 2.27. The van der Waals surface area contributed by atoms with Gasteiger partial charge in [0.05, 0.1) is 0 Å². The summed E-state index contributed by atoms with van der Waals surface area (Å²) in [6.45, 7) is 4.15. The standard InChI is InChI=1S/C20H29NO4/c1-15(2)13-18(19(22)24-14-16-9-5-3-6-10-16)25-20(23)21-17-11-7-4-8-12-17/h3,5-6,9-10,15,17-18H,4,7-8,11-14H2,1-2H3,(H,21,23)/t18-/m0/s1. The Kier molecular flexibility index (Phi) is 7.76. The molecule has 138 valence electrons. The Balaban J connectivity index is 1.85. The SMILES string of the molecule is CC(C)C[C@H](OC(=O)NC1CCCCC1)C(=O)OCc1ccccc1. The van der Waals surface area contributed by atoms with Crippen LogP contribution in [0.5, 0.6) is 0 Å². The first-order valence-electron chi connectivity index (χ1n) is 9.22. The van der Waals surface area contributed by atoms with Crippen molar-refractivity contribution in [2.24, 2.45) is 5.92 Å². The van der Waals surface area contributed by atoms with Gasteiger partial charge in [-0.15, -0.1) is 0 Å². The van der Waals surface area contributed by atoms with Gasteiger partial charge in [0.1, 0.15) is 6.61 Å². The van der Waals surface area contributed by atoms with Crippen LogP contribution >= 0.6 is 0 Å². The number of alkyl carbamates (subject to hydrolysis) is 1. The van der Waals surface area contributed by atoms with E-state index in [-0.39, 0.29) is 18.6 Å². The summed E-state index contributed by atoms with van der Waals surface area (Å²) in [5.41, 5.74) is 0.908. The average Bonchev–Trinajstić information content (AvgIpc) is 2.60. The topological polar surface area (TPSA) is 64.6 Å². The largest absolute Gasteiger partial charge is 0.458 e. The molecule has 0 saturated heterocycles. The number of benzene rings is 1. The molecule has 5 nitrogen and oxygen atoms in total. The van der Waals surface area contributed by atoms with Crippen molar-refractivity contribution < 1.29 is 19.1 Å². The Bertz CT molecular complexity index is 538. The van der Waals surface area contributed by atoms with Gasteiger partial charge >= 0.3 is 12.1 Å². The molecule has 0 aromatic heterocycles. The maximum Gasteiger partial charge on any atom is 0.408 e. The first kappa shape index (κ1) is 19.3. The minimum atomic E-state index is -0.868. The zero-order valence-corrected chi connectivity index (χ0v) is 15.2. The number of carbonyl (C=O) groups excluding carboxylic acids is 2. The van der Waals surface area contributed by atoms with Crippen molar-refractivity contribution in [3.05, 3.63) is 35.9 Å². The highest BCUT2D eigenvalue weighted by Crippen LogP contribution is 2.18. The highest BCUT2D eigenvalue weighted by molar-refractivity contribution is 5.78. The van der Waals surface area contributed by atoms with Crippen molar-refractivity contribution in [3.8, 4) is 0 Å². The van der Waals surface area contributed by atoms with Gasteiger partial charge in [0.25, 0.3) is 0 Å². The van der Waals surface area contributed by atoms with Gasteiger partial charge in [0.15, 0.2) is 0 Å². The van der Waals surface area contributed by atoms with E-state index in [0.717, 1.165) is 31.2 Å². The monoisotopic (exact) mass is 347 g/mol. The smallest absolute Gasteiger partial charge is 0.408 e. The van der Waals surface area contributed by atoms with Gasteiger partial charge in [-0.2, -0.15) is 0 Å². The summed E-state index contributed by atoms with van der Waals surface area (Å²) in [6.07, 6.45) is 4.48. The van der Waals surface area contributed by atoms with Crippen LogP contribution in [-0.4, -0.2) is 24.2 Å². The number of rotatable bonds is 7. The number of ether oxygens (including phenoxy) is 2. The van der Waals surface area contributed by atoms with E-state index in [9.17, 15) is 9.59 Å². The van der Waals surface area contributed by atoms with Gasteiger partial charge in [-0.05, 0) is 30.7 Å². The van der Waals surface area contributed by atoms with Gasteiger partial charge in [0.2, 0.25) is 6.10 Å². The molecule has 25 heavy (non-hydrogen) atoms. The van der Waals surface area contributed by atoms with Crippen LogP contribution in [0.25, 0.3) is 0 Å². The van der Waals surface area contributed by atoms with E-state index in [0.29, 0.717) is 6.42 Å². The molecular weight excluding hydrogens is 318 g/mol. The molecule has 1 fully saturated rings. The Labute approximate surface area is 150 Å². The molecule has 0 aliphatic heterocycles. The van der Waals surface area contributed by atoms with Gasteiger partial charge in [0, 0.05) is 6.04 Å². The summed E-state index contributed by atoms with van der Waals surface area (Å²) < 4.78 is 10.7. The lowest BCUT2D eigenvalue weighted by atomic mass is 9.96. The summed E-state index contributed by atoms with van der Waals surface area (Å²) in [5.74, 6) is -0.270. The van der Waals surface area contributed by atoms with Crippen molar-refractivity contribution in [1.82, 2.24) is 5.32 Å². The third kappa shape index (κ3) is 7.16. The van der Waals surface area contributed by atoms with Crippen LogP contribution in [0.3, 0.4) is 0 Å². The molecule has 2 rings (SSSR count). The van der Waals surface area contributed by atoms with Crippen LogP contribution in [0, 0.1) is 5.92 Å². The second-order valence-electron chi connectivity index (χ2n) is 7.10. The molecule has 1 aromatic rings. The lowest BCUT2D eigenvalue weighted by molar-refractivity contribution is -0.156.